The van der Waals surface area contributed by atoms with Crippen LogP contribution in [0.4, 0.5) is 0 Å². The minimum Gasteiger partial charge on any atom is -0.504 e. The second kappa shape index (κ2) is 5.33. The number of benzene rings is 2. The summed E-state index contributed by atoms with van der Waals surface area (Å²) < 4.78 is 11.2. The van der Waals surface area contributed by atoms with Crippen LogP contribution in [0.3, 0.4) is 0 Å². The van der Waals surface area contributed by atoms with Crippen molar-refractivity contribution in [1.82, 2.24) is 0 Å². The number of phenolic OH excluding ortho intramolecular Hbond substituents is 1. The average molecular weight is 256 g/mol. The Morgan fingerprint density at radius 1 is 1.11 bits per heavy atom. The van der Waals surface area contributed by atoms with Crippen molar-refractivity contribution < 1.29 is 14.6 Å². The maximum Gasteiger partial charge on any atom is 0.161 e. The van der Waals surface area contributed by atoms with Gasteiger partial charge >= 0.3 is 0 Å². The molecule has 1 heterocycles. The Morgan fingerprint density at radius 3 is 2.47 bits per heavy atom. The van der Waals surface area contributed by atoms with Gasteiger partial charge in [-0.15, -0.1) is 0 Å². The van der Waals surface area contributed by atoms with Crippen molar-refractivity contribution in [2.24, 2.45) is 0 Å². The van der Waals surface area contributed by atoms with Gasteiger partial charge in [0, 0.05) is 6.42 Å². The lowest BCUT2D eigenvalue weighted by Crippen LogP contribution is -2.10. The Kier molecular flexibility index (Phi) is 3.38. The molecule has 0 radical (unpaired) electrons. The Hall–Kier alpha value is -2.00. The summed E-state index contributed by atoms with van der Waals surface area (Å²) >= 11 is 0. The molecule has 3 rings (SSSR count). The van der Waals surface area contributed by atoms with E-state index in [2.05, 4.69) is 0 Å². The highest BCUT2D eigenvalue weighted by molar-refractivity contribution is 5.38. The summed E-state index contributed by atoms with van der Waals surface area (Å²) in [5.41, 5.74) is 1.10. The predicted molar refractivity (Wildman–Crippen MR) is 72.3 cm³/mol. The number of phenols is 1. The van der Waals surface area contributed by atoms with Crippen molar-refractivity contribution in [3.63, 3.8) is 0 Å². The first kappa shape index (κ1) is 12.1. The lowest BCUT2D eigenvalue weighted by Gasteiger charge is -2.19. The van der Waals surface area contributed by atoms with Crippen LogP contribution in [0.15, 0.2) is 54.6 Å². The van der Waals surface area contributed by atoms with Crippen molar-refractivity contribution >= 4 is 0 Å². The number of rotatable bonds is 5. The number of para-hydroxylation sites is 2. The highest BCUT2D eigenvalue weighted by atomic mass is 16.6. The normalized spacial score (nSPS) is 18.8. The molecule has 19 heavy (non-hydrogen) atoms. The van der Waals surface area contributed by atoms with Gasteiger partial charge in [0.05, 0.1) is 12.7 Å². The van der Waals surface area contributed by atoms with Crippen molar-refractivity contribution in [2.45, 2.75) is 18.6 Å². The first-order valence-corrected chi connectivity index (χ1v) is 6.44. The molecule has 2 aromatic carbocycles. The number of aromatic hydroxyl groups is 1. The zero-order chi connectivity index (χ0) is 13.1. The molecule has 0 spiro atoms. The van der Waals surface area contributed by atoms with E-state index in [4.69, 9.17) is 9.47 Å². The zero-order valence-electron chi connectivity index (χ0n) is 10.5. The summed E-state index contributed by atoms with van der Waals surface area (Å²) in [7, 11) is 0. The predicted octanol–water partition coefficient (Wildman–Crippen LogP) is 3.30. The van der Waals surface area contributed by atoms with E-state index in [1.54, 1.807) is 18.2 Å². The molecule has 1 N–H and O–H groups in total. The minimum absolute atomic E-state index is 0.0954. The van der Waals surface area contributed by atoms with Crippen molar-refractivity contribution in [3.8, 4) is 11.5 Å². The SMILES string of the molecule is Oc1ccccc1OC(CC1CO1)c1ccccc1. The van der Waals surface area contributed by atoms with Crippen LogP contribution >= 0.6 is 0 Å². The van der Waals surface area contributed by atoms with Gasteiger partial charge in [-0.3, -0.25) is 0 Å². The topological polar surface area (TPSA) is 42.0 Å². The number of hydrogen-bond donors (Lipinski definition) is 1. The summed E-state index contributed by atoms with van der Waals surface area (Å²) in [6.07, 6.45) is 0.983. The molecule has 3 nitrogen and oxygen atoms in total. The fourth-order valence-electron chi connectivity index (χ4n) is 2.07. The number of ether oxygens (including phenoxy) is 2. The van der Waals surface area contributed by atoms with Crippen LogP contribution in [0.1, 0.15) is 18.1 Å². The highest BCUT2D eigenvalue weighted by Crippen LogP contribution is 2.34. The zero-order valence-corrected chi connectivity index (χ0v) is 10.5. The van der Waals surface area contributed by atoms with E-state index in [1.807, 2.05) is 36.4 Å². The quantitative estimate of drug-likeness (QED) is 0.834. The first-order valence-electron chi connectivity index (χ1n) is 6.44. The number of hydrogen-bond acceptors (Lipinski definition) is 3. The lowest BCUT2D eigenvalue weighted by atomic mass is 10.0. The Balaban J connectivity index is 1.81. The van der Waals surface area contributed by atoms with Gasteiger partial charge in [-0.1, -0.05) is 42.5 Å². The smallest absolute Gasteiger partial charge is 0.161 e. The van der Waals surface area contributed by atoms with Crippen LogP contribution in [0.2, 0.25) is 0 Å². The number of epoxide rings is 1. The van der Waals surface area contributed by atoms with Crippen LogP contribution in [0, 0.1) is 0 Å². The fraction of sp³-hybridized carbons (Fsp3) is 0.250. The summed E-state index contributed by atoms with van der Waals surface area (Å²) in [4.78, 5) is 0. The van der Waals surface area contributed by atoms with E-state index in [9.17, 15) is 5.11 Å². The van der Waals surface area contributed by atoms with Gasteiger partial charge in [0.1, 0.15) is 6.10 Å². The molecule has 1 saturated heterocycles. The van der Waals surface area contributed by atoms with Gasteiger partial charge in [-0.05, 0) is 17.7 Å². The summed E-state index contributed by atoms with van der Waals surface area (Å²) in [6, 6.07) is 17.1. The van der Waals surface area contributed by atoms with Crippen LogP contribution in [0.5, 0.6) is 11.5 Å². The van der Waals surface area contributed by atoms with E-state index in [0.29, 0.717) is 5.75 Å². The Labute approximate surface area is 112 Å². The second-order valence-corrected chi connectivity index (χ2v) is 4.68. The maximum atomic E-state index is 9.80. The molecule has 0 bridgehead atoms. The Bertz CT molecular complexity index is 535. The second-order valence-electron chi connectivity index (χ2n) is 4.68. The van der Waals surface area contributed by atoms with Crippen LogP contribution in [-0.4, -0.2) is 17.8 Å². The Morgan fingerprint density at radius 2 is 1.79 bits per heavy atom. The third kappa shape index (κ3) is 3.06. The molecular formula is C16H16O3. The molecule has 0 saturated carbocycles. The summed E-state index contributed by atoms with van der Waals surface area (Å²) in [6.45, 7) is 0.799. The summed E-state index contributed by atoms with van der Waals surface area (Å²) in [5.74, 6) is 0.678. The molecule has 0 aliphatic carbocycles. The molecule has 98 valence electrons. The summed E-state index contributed by atoms with van der Waals surface area (Å²) in [5, 5.41) is 9.80. The van der Waals surface area contributed by atoms with Crippen LogP contribution in [-0.2, 0) is 4.74 Å². The standard InChI is InChI=1S/C16H16O3/c17-14-8-4-5-9-15(14)19-16(10-13-11-18-13)12-6-2-1-3-7-12/h1-9,13,16-17H,10-11H2. The molecule has 1 aliphatic heterocycles. The third-order valence-corrected chi connectivity index (χ3v) is 3.19. The minimum atomic E-state index is -0.0954. The fourth-order valence-corrected chi connectivity index (χ4v) is 2.07. The average Bonchev–Trinajstić information content (AvgIpc) is 3.25. The molecule has 2 unspecified atom stereocenters. The maximum absolute atomic E-state index is 9.80. The van der Waals surface area contributed by atoms with E-state index in [1.165, 1.54) is 0 Å². The van der Waals surface area contributed by atoms with E-state index < -0.39 is 0 Å². The van der Waals surface area contributed by atoms with E-state index in [-0.39, 0.29) is 18.0 Å². The molecule has 2 aromatic rings. The van der Waals surface area contributed by atoms with Crippen LogP contribution < -0.4 is 4.74 Å². The van der Waals surface area contributed by atoms with E-state index >= 15 is 0 Å². The first-order chi connectivity index (χ1) is 9.33. The molecule has 0 aromatic heterocycles. The van der Waals surface area contributed by atoms with Crippen molar-refractivity contribution in [2.75, 3.05) is 6.61 Å². The molecule has 2 atom stereocenters. The van der Waals surface area contributed by atoms with Gasteiger partial charge in [0.15, 0.2) is 11.5 Å². The van der Waals surface area contributed by atoms with Gasteiger partial charge < -0.3 is 14.6 Å². The largest absolute Gasteiger partial charge is 0.504 e. The van der Waals surface area contributed by atoms with Gasteiger partial charge in [0.25, 0.3) is 0 Å². The molecular weight excluding hydrogens is 240 g/mol. The third-order valence-electron chi connectivity index (χ3n) is 3.19. The monoisotopic (exact) mass is 256 g/mol. The van der Waals surface area contributed by atoms with Crippen molar-refractivity contribution in [3.05, 3.63) is 60.2 Å². The van der Waals surface area contributed by atoms with Gasteiger partial charge in [-0.25, -0.2) is 0 Å². The lowest BCUT2D eigenvalue weighted by molar-refractivity contribution is 0.173. The molecule has 1 fully saturated rings. The van der Waals surface area contributed by atoms with Gasteiger partial charge in [0.2, 0.25) is 0 Å². The van der Waals surface area contributed by atoms with Gasteiger partial charge in [-0.2, -0.15) is 0 Å². The molecule has 0 amide bonds. The van der Waals surface area contributed by atoms with Crippen molar-refractivity contribution in [1.29, 1.82) is 0 Å². The van der Waals surface area contributed by atoms with Crippen LogP contribution in [0.25, 0.3) is 0 Å². The highest BCUT2D eigenvalue weighted by Gasteiger charge is 2.29. The molecule has 3 heteroatoms. The van der Waals surface area contributed by atoms with E-state index in [0.717, 1.165) is 18.6 Å². The molecule has 1 aliphatic rings.